The summed E-state index contributed by atoms with van der Waals surface area (Å²) in [6.45, 7) is 18.8. The minimum absolute atomic E-state index is 0.0222. The van der Waals surface area contributed by atoms with Gasteiger partial charge in [0.2, 0.25) is 0 Å². The van der Waals surface area contributed by atoms with Crippen LogP contribution in [0, 0.1) is 23.7 Å². The summed E-state index contributed by atoms with van der Waals surface area (Å²) in [5.74, 6) is 0.0888. The molecule has 6 aromatic heterocycles. The van der Waals surface area contributed by atoms with Gasteiger partial charge in [0, 0.05) is 65.6 Å². The molecule has 0 saturated carbocycles. The second kappa shape index (κ2) is 57.3. The molecule has 0 spiro atoms. The highest BCUT2D eigenvalue weighted by atomic mass is 79.9. The number of nitrogens with zero attached hydrogens (tertiary/aromatic N) is 4. The first-order valence-corrected chi connectivity index (χ1v) is 58.3. The first-order chi connectivity index (χ1) is 65.3. The molecule has 0 radical (unpaired) electrons. The van der Waals surface area contributed by atoms with Gasteiger partial charge >= 0.3 is 0 Å². The van der Waals surface area contributed by atoms with E-state index in [1.165, 1.54) is 198 Å². The van der Waals surface area contributed by atoms with Crippen molar-refractivity contribution in [3.8, 4) is 0 Å². The summed E-state index contributed by atoms with van der Waals surface area (Å²) in [6, 6.07) is 3.85. The number of hydrogen-bond acceptors (Lipinski definition) is 8. The van der Waals surface area contributed by atoms with Crippen molar-refractivity contribution < 1.29 is 0 Å². The van der Waals surface area contributed by atoms with Gasteiger partial charge in [0.05, 0.1) is 87.2 Å². The van der Waals surface area contributed by atoms with E-state index in [-0.39, 0.29) is 114 Å². The molecule has 0 fully saturated rings. The Morgan fingerprint density at radius 3 is 0.455 bits per heavy atom. The molecule has 4 atom stereocenters. The highest BCUT2D eigenvalue weighted by molar-refractivity contribution is 9.13. The maximum absolute atomic E-state index is 16.7. The third-order valence-corrected chi connectivity index (χ3v) is 34.9. The predicted octanol–water partition coefficient (Wildman–Crippen LogP) is 34.1. The molecule has 0 aliphatic heterocycles. The van der Waals surface area contributed by atoms with Crippen LogP contribution < -0.4 is 44.5 Å². The molecule has 6 heterocycles. The first kappa shape index (κ1) is 109. The zero-order valence-electron chi connectivity index (χ0n) is 84.1. The quantitative estimate of drug-likeness (QED) is 0.0163. The van der Waals surface area contributed by atoms with E-state index in [1.807, 2.05) is 12.1 Å². The van der Waals surface area contributed by atoms with Gasteiger partial charge in [0.15, 0.2) is 0 Å². The van der Waals surface area contributed by atoms with Crippen molar-refractivity contribution in [2.75, 3.05) is 0 Å². The molecular formula is C114H170Br4N8O8. The SMILES string of the molecule is CCCCCCCCCCC(CCCCCCCC)Cn1c(=O)c2c(Br)c(Br)c3c(=O)n(CC(CCCCCCCC)CCCCCCCCCC)c(=O)c4c5[nH]c6cc7[nH]c8c([nH]c7cc6[nH]c5c(c1=O)c2c34)c1c(=O)n(CC(CCCCCCCC)CCCCCCCCCC)c(=O)c2c(Br)c(Br)c3c(=O)n(CC(CCCCCCCC)CCCCCCCCCC)c(=O)c8c3c21. The van der Waals surface area contributed by atoms with Crippen LogP contribution in [0.3, 0.4) is 0 Å². The number of aromatic nitrogens is 8. The van der Waals surface area contributed by atoms with Gasteiger partial charge in [-0.25, -0.2) is 0 Å². The molecule has 5 aromatic carbocycles. The smallest absolute Gasteiger partial charge is 0.263 e. The van der Waals surface area contributed by atoms with Crippen molar-refractivity contribution in [3.63, 3.8) is 0 Å². The van der Waals surface area contributed by atoms with Crippen molar-refractivity contribution in [1.29, 1.82) is 0 Å². The monoisotopic (exact) mass is 2090 g/mol. The van der Waals surface area contributed by atoms with E-state index in [4.69, 9.17) is 0 Å². The van der Waals surface area contributed by atoms with E-state index in [1.54, 1.807) is 0 Å². The molecule has 0 amide bonds. The van der Waals surface area contributed by atoms with Gasteiger partial charge < -0.3 is 19.9 Å². The Kier molecular flexibility index (Phi) is 46.5. The third-order valence-electron chi connectivity index (χ3n) is 30.6. The minimum atomic E-state index is -0.498. The molecule has 0 bridgehead atoms. The molecule has 0 aliphatic carbocycles. The van der Waals surface area contributed by atoms with E-state index in [0.717, 1.165) is 231 Å². The highest BCUT2D eigenvalue weighted by Crippen LogP contribution is 2.47. The number of halogens is 4. The molecule has 4 unspecified atom stereocenters. The number of pyridine rings is 4. The van der Waals surface area contributed by atoms with E-state index in [2.05, 4.69) is 139 Å². The lowest BCUT2D eigenvalue weighted by Gasteiger charge is -2.23. The average molecular weight is 2100 g/mol. The molecule has 134 heavy (non-hydrogen) atoms. The average Bonchev–Trinajstić information content (AvgIpc) is 0.684. The van der Waals surface area contributed by atoms with Gasteiger partial charge in [-0.15, -0.1) is 0 Å². The fourth-order valence-corrected chi connectivity index (χ4v) is 24.9. The largest absolute Gasteiger partial charge is 0.351 e. The zero-order valence-corrected chi connectivity index (χ0v) is 90.5. The topological polar surface area (TPSA) is 219 Å². The van der Waals surface area contributed by atoms with Crippen LogP contribution in [0.2, 0.25) is 0 Å². The maximum Gasteiger partial charge on any atom is 0.263 e. The van der Waals surface area contributed by atoms with Crippen molar-refractivity contribution in [2.24, 2.45) is 23.7 Å². The Bertz CT molecular complexity index is 5310. The van der Waals surface area contributed by atoms with Crippen molar-refractivity contribution in [3.05, 3.63) is 113 Å². The number of rotatable bonds is 72. The van der Waals surface area contributed by atoms with E-state index < -0.39 is 44.5 Å². The first-order valence-electron chi connectivity index (χ1n) is 55.2. The lowest BCUT2D eigenvalue weighted by Crippen LogP contribution is -2.38. The van der Waals surface area contributed by atoms with Crippen LogP contribution in [-0.4, -0.2) is 38.2 Å². The number of aromatic amines is 4. The van der Waals surface area contributed by atoms with Gasteiger partial charge in [0.25, 0.3) is 44.5 Å². The van der Waals surface area contributed by atoms with Crippen molar-refractivity contribution >= 4 is 172 Å². The van der Waals surface area contributed by atoms with Crippen LogP contribution >= 0.6 is 63.7 Å². The summed E-state index contributed by atoms with van der Waals surface area (Å²) in [7, 11) is 0. The van der Waals surface area contributed by atoms with Gasteiger partial charge in [-0.1, -0.05) is 415 Å². The number of fused-ring (bicyclic) bond motifs is 8. The van der Waals surface area contributed by atoms with Gasteiger partial charge in [-0.3, -0.25) is 56.6 Å². The number of H-pyrrole nitrogens is 4. The molecule has 0 aliphatic rings. The van der Waals surface area contributed by atoms with Crippen LogP contribution in [0.25, 0.3) is 109 Å². The molecule has 742 valence electrons. The Balaban J connectivity index is 1.18. The van der Waals surface area contributed by atoms with Crippen LogP contribution in [0.15, 0.2) is 68.4 Å². The minimum Gasteiger partial charge on any atom is -0.351 e. The van der Waals surface area contributed by atoms with Crippen LogP contribution in [-0.2, 0) is 26.2 Å². The predicted molar refractivity (Wildman–Crippen MR) is 589 cm³/mol. The molecule has 11 aromatic rings. The molecular weight excluding hydrogens is 1930 g/mol. The standard InChI is InChI=1S/C114H170Br4N8O8/c1-9-17-25-33-41-45-53-61-69-79(65-57-49-37-29-21-13-5)75-123-107(127)91-87-88-92(100(116)99(91)115)108(128)124(76-80(66-58-50-38-30-22-14-6)70-62-54-46-42-34-26-18-10-2)112(132)96(88)104-103(95(87)111(123)131)119-83-73-85-86(74-84(83)120-104)122-106-98-90-89-93(109(129)125(113(133)97(89)105(106)121-85)77-81(67-59-51-39-31-23-15-7)71-63-55-47-43-35-27-19-11-3)101(117)102(118)94(90)110(130)126(114(98)134)78-82(68-60-52-40-32-24-16-8)72-64-56-48-44-36-28-20-12-4/h73-74,79-82,119-122H,9-72,75-78H2,1-8H3. The summed E-state index contributed by atoms with van der Waals surface area (Å²) >= 11 is 15.9. The van der Waals surface area contributed by atoms with Gasteiger partial charge in [0.1, 0.15) is 0 Å². The Morgan fingerprint density at radius 1 is 0.187 bits per heavy atom. The van der Waals surface area contributed by atoms with Gasteiger partial charge in [-0.2, -0.15) is 0 Å². The van der Waals surface area contributed by atoms with Crippen molar-refractivity contribution in [2.45, 2.75) is 493 Å². The summed E-state index contributed by atoms with van der Waals surface area (Å²) in [4.78, 5) is 147. The third kappa shape index (κ3) is 28.0. The number of benzene rings is 5. The fourth-order valence-electron chi connectivity index (χ4n) is 22.7. The summed E-state index contributed by atoms with van der Waals surface area (Å²) in [6.07, 6.45) is 71.1. The molecule has 16 nitrogen and oxygen atoms in total. The number of nitrogens with one attached hydrogen (secondary N) is 4. The van der Waals surface area contributed by atoms with Crippen LogP contribution in [0.4, 0.5) is 0 Å². The molecule has 4 N–H and O–H groups in total. The van der Waals surface area contributed by atoms with Crippen LogP contribution in [0.5, 0.6) is 0 Å². The second-order valence-corrected chi connectivity index (χ2v) is 44.5. The second-order valence-electron chi connectivity index (χ2n) is 41.3. The number of hydrogen-bond donors (Lipinski definition) is 4. The zero-order chi connectivity index (χ0) is 95.4. The maximum atomic E-state index is 16.7. The summed E-state index contributed by atoms with van der Waals surface area (Å²) < 4.78 is 7.29. The molecule has 20 heteroatoms. The van der Waals surface area contributed by atoms with E-state index in [9.17, 15) is 0 Å². The van der Waals surface area contributed by atoms with E-state index in [0.29, 0.717) is 62.0 Å². The lowest BCUT2D eigenvalue weighted by molar-refractivity contribution is 0.350. The highest BCUT2D eigenvalue weighted by Gasteiger charge is 2.34. The lowest BCUT2D eigenvalue weighted by atomic mass is 9.92. The Morgan fingerprint density at radius 2 is 0.313 bits per heavy atom. The Labute approximate surface area is 833 Å². The summed E-state index contributed by atoms with van der Waals surface area (Å²) in [5.41, 5.74) is -0.581. The molecule has 11 rings (SSSR count). The normalized spacial score (nSPS) is 13.3. The van der Waals surface area contributed by atoms with Crippen molar-refractivity contribution in [1.82, 2.24) is 38.2 Å². The van der Waals surface area contributed by atoms with E-state index >= 15 is 38.4 Å². The van der Waals surface area contributed by atoms with Gasteiger partial charge in [-0.05, 0) is 151 Å². The number of unbranched alkanes of at least 4 members (excludes halogenated alkanes) is 48. The molecule has 0 saturated heterocycles. The summed E-state index contributed by atoms with van der Waals surface area (Å²) in [5, 5.41) is 2.70. The fraction of sp³-hybridized carbons (Fsp3) is 0.702. The van der Waals surface area contributed by atoms with Crippen LogP contribution in [0.1, 0.15) is 466 Å². The Hall–Kier alpha value is -5.70.